The van der Waals surface area contributed by atoms with E-state index in [-0.39, 0.29) is 39.4 Å². The Hall–Kier alpha value is -3.31. The zero-order valence-electron chi connectivity index (χ0n) is 20.1. The molecule has 0 aliphatic carbocycles. The van der Waals surface area contributed by atoms with Gasteiger partial charge in [-0.05, 0) is 67.4 Å². The molecule has 9 nitrogen and oxygen atoms in total. The van der Waals surface area contributed by atoms with Gasteiger partial charge in [0.1, 0.15) is 5.75 Å². The third-order valence-electron chi connectivity index (χ3n) is 5.89. The van der Waals surface area contributed by atoms with Gasteiger partial charge in [-0.15, -0.1) is 0 Å². The predicted molar refractivity (Wildman–Crippen MR) is 144 cm³/mol. The molecule has 0 spiro atoms. The van der Waals surface area contributed by atoms with Crippen molar-refractivity contribution in [2.45, 2.75) is 23.8 Å². The van der Waals surface area contributed by atoms with E-state index in [1.165, 1.54) is 30.3 Å². The molecule has 1 aliphatic heterocycles. The Morgan fingerprint density at radius 1 is 0.974 bits per heavy atom. The molecule has 1 aliphatic rings. The number of nitrogens with one attached hydrogen (secondary N) is 2. The Morgan fingerprint density at radius 2 is 1.66 bits per heavy atom. The number of para-hydroxylation sites is 2. The van der Waals surface area contributed by atoms with Gasteiger partial charge in [0, 0.05) is 23.7 Å². The fraction of sp³-hybridized carbons (Fsp3) is 0.231. The van der Waals surface area contributed by atoms with Gasteiger partial charge in [0.05, 0.1) is 28.3 Å². The van der Waals surface area contributed by atoms with Crippen LogP contribution in [0.2, 0.25) is 10.0 Å². The number of hydrogen-bond donors (Lipinski definition) is 3. The van der Waals surface area contributed by atoms with E-state index in [1.54, 1.807) is 41.3 Å². The number of likely N-dealkylation sites (tertiary alicyclic amines) is 1. The number of benzene rings is 3. The molecule has 38 heavy (non-hydrogen) atoms. The smallest absolute Gasteiger partial charge is 0.262 e. The molecule has 1 heterocycles. The monoisotopic (exact) mass is 577 g/mol. The molecule has 0 unspecified atom stereocenters. The summed E-state index contributed by atoms with van der Waals surface area (Å²) in [5.74, 6) is -0.223. The van der Waals surface area contributed by atoms with Crippen molar-refractivity contribution in [3.63, 3.8) is 0 Å². The Morgan fingerprint density at radius 3 is 2.34 bits per heavy atom. The molecule has 1 saturated heterocycles. The molecule has 2 amide bonds. The third kappa shape index (κ3) is 6.96. The molecule has 3 aromatic carbocycles. The van der Waals surface area contributed by atoms with E-state index in [4.69, 9.17) is 27.9 Å². The molecular weight excluding hydrogens is 553 g/mol. The topological polar surface area (TPSA) is 125 Å². The van der Waals surface area contributed by atoms with Gasteiger partial charge < -0.3 is 20.1 Å². The van der Waals surface area contributed by atoms with Crippen LogP contribution in [0, 0.1) is 0 Å². The van der Waals surface area contributed by atoms with E-state index >= 15 is 0 Å². The van der Waals surface area contributed by atoms with Crippen molar-refractivity contribution >= 4 is 50.7 Å². The molecule has 0 atom stereocenters. The van der Waals surface area contributed by atoms with Crippen LogP contribution in [0.15, 0.2) is 71.6 Å². The number of carbonyl (C=O) groups is 2. The van der Waals surface area contributed by atoms with E-state index in [0.29, 0.717) is 36.7 Å². The fourth-order valence-electron chi connectivity index (χ4n) is 3.79. The highest BCUT2D eigenvalue weighted by Gasteiger charge is 2.22. The zero-order chi connectivity index (χ0) is 27.3. The lowest BCUT2D eigenvalue weighted by Crippen LogP contribution is -2.45. The second kappa shape index (κ2) is 12.0. The standard InChI is InChI=1S/C26H25Cl2N3O6S/c27-18-7-10-23(21(28)15-18)37-24-4-2-1-3-22(24)30-38(35,36)20-8-5-17(6-9-20)26(34)29-16-25(33)31-13-11-19(32)12-14-31/h1-10,15,19,30,32H,11-14,16H2,(H,29,34). The highest BCUT2D eigenvalue weighted by atomic mass is 35.5. The van der Waals surface area contributed by atoms with Crippen LogP contribution in [-0.2, 0) is 14.8 Å². The van der Waals surface area contributed by atoms with Crippen LogP contribution in [0.25, 0.3) is 0 Å². The Balaban J connectivity index is 1.40. The molecule has 0 radical (unpaired) electrons. The number of hydrogen-bond acceptors (Lipinski definition) is 6. The molecule has 200 valence electrons. The van der Waals surface area contributed by atoms with Crippen molar-refractivity contribution < 1.29 is 27.9 Å². The average molecular weight is 578 g/mol. The second-order valence-corrected chi connectivity index (χ2v) is 11.1. The number of halogens is 2. The van der Waals surface area contributed by atoms with E-state index in [9.17, 15) is 23.1 Å². The van der Waals surface area contributed by atoms with Crippen molar-refractivity contribution in [1.29, 1.82) is 0 Å². The van der Waals surface area contributed by atoms with Crippen LogP contribution in [0.3, 0.4) is 0 Å². The first-order valence-electron chi connectivity index (χ1n) is 11.7. The maximum absolute atomic E-state index is 13.0. The molecule has 4 rings (SSSR count). The first-order valence-corrected chi connectivity index (χ1v) is 13.9. The van der Waals surface area contributed by atoms with Crippen LogP contribution in [0.4, 0.5) is 5.69 Å². The maximum atomic E-state index is 13.0. The van der Waals surface area contributed by atoms with Gasteiger partial charge in [-0.3, -0.25) is 14.3 Å². The average Bonchev–Trinajstić information content (AvgIpc) is 2.90. The van der Waals surface area contributed by atoms with Gasteiger partial charge in [0.25, 0.3) is 15.9 Å². The summed E-state index contributed by atoms with van der Waals surface area (Å²) in [6.45, 7) is 0.692. The molecule has 0 aromatic heterocycles. The number of nitrogens with zero attached hydrogens (tertiary/aromatic N) is 1. The Labute approximate surface area is 230 Å². The normalized spacial score (nSPS) is 14.1. The quantitative estimate of drug-likeness (QED) is 0.366. The summed E-state index contributed by atoms with van der Waals surface area (Å²) in [7, 11) is -4.03. The highest BCUT2D eigenvalue weighted by molar-refractivity contribution is 7.92. The van der Waals surface area contributed by atoms with Crippen molar-refractivity contribution in [3.8, 4) is 11.5 Å². The summed E-state index contributed by atoms with van der Waals surface area (Å²) in [6, 6.07) is 16.5. The number of carbonyl (C=O) groups excluding carboxylic acids is 2. The number of sulfonamides is 1. The lowest BCUT2D eigenvalue weighted by atomic mass is 10.1. The van der Waals surface area contributed by atoms with E-state index in [0.717, 1.165) is 0 Å². The minimum absolute atomic E-state index is 0.0728. The maximum Gasteiger partial charge on any atom is 0.262 e. The number of amides is 2. The molecule has 0 saturated carbocycles. The predicted octanol–water partition coefficient (Wildman–Crippen LogP) is 4.30. The number of ether oxygens (including phenoxy) is 1. The molecule has 0 bridgehead atoms. The van der Waals surface area contributed by atoms with Gasteiger partial charge in [-0.1, -0.05) is 35.3 Å². The summed E-state index contributed by atoms with van der Waals surface area (Å²) < 4.78 is 34.4. The minimum Gasteiger partial charge on any atom is -0.454 e. The summed E-state index contributed by atoms with van der Waals surface area (Å²) in [4.78, 5) is 26.3. The SMILES string of the molecule is O=C(NCC(=O)N1CCC(O)CC1)c1ccc(S(=O)(=O)Nc2ccccc2Oc2ccc(Cl)cc2Cl)cc1. The lowest BCUT2D eigenvalue weighted by Gasteiger charge is -2.29. The van der Waals surface area contributed by atoms with Crippen molar-refractivity contribution in [2.75, 3.05) is 24.4 Å². The Kier molecular flexibility index (Phi) is 8.78. The number of aliphatic hydroxyl groups is 1. The van der Waals surface area contributed by atoms with Gasteiger partial charge >= 0.3 is 0 Å². The molecular formula is C26H25Cl2N3O6S. The summed E-state index contributed by atoms with van der Waals surface area (Å²) >= 11 is 12.1. The van der Waals surface area contributed by atoms with Crippen LogP contribution in [0.5, 0.6) is 11.5 Å². The number of aliphatic hydroxyl groups excluding tert-OH is 1. The zero-order valence-corrected chi connectivity index (χ0v) is 22.4. The second-order valence-electron chi connectivity index (χ2n) is 8.60. The molecule has 12 heteroatoms. The number of piperidine rings is 1. The van der Waals surface area contributed by atoms with Crippen molar-refractivity contribution in [2.24, 2.45) is 0 Å². The largest absolute Gasteiger partial charge is 0.454 e. The summed E-state index contributed by atoms with van der Waals surface area (Å²) in [6.07, 6.45) is 0.616. The van der Waals surface area contributed by atoms with Crippen LogP contribution in [-0.4, -0.2) is 56.0 Å². The van der Waals surface area contributed by atoms with Gasteiger partial charge in [0.2, 0.25) is 5.91 Å². The first kappa shape index (κ1) is 27.7. The van der Waals surface area contributed by atoms with Gasteiger partial charge in [-0.25, -0.2) is 8.42 Å². The van der Waals surface area contributed by atoms with Crippen LogP contribution < -0.4 is 14.8 Å². The summed E-state index contributed by atoms with van der Waals surface area (Å²) in [5, 5.41) is 12.8. The van der Waals surface area contributed by atoms with Crippen molar-refractivity contribution in [3.05, 3.63) is 82.3 Å². The molecule has 3 aromatic rings. The number of anilines is 1. The first-order chi connectivity index (χ1) is 18.1. The molecule has 3 N–H and O–H groups in total. The lowest BCUT2D eigenvalue weighted by molar-refractivity contribution is -0.132. The van der Waals surface area contributed by atoms with E-state index in [2.05, 4.69) is 10.0 Å². The van der Waals surface area contributed by atoms with E-state index < -0.39 is 22.0 Å². The minimum atomic E-state index is -4.03. The van der Waals surface area contributed by atoms with E-state index in [1.807, 2.05) is 0 Å². The highest BCUT2D eigenvalue weighted by Crippen LogP contribution is 2.35. The number of rotatable bonds is 8. The Bertz CT molecular complexity index is 1430. The van der Waals surface area contributed by atoms with Crippen LogP contribution >= 0.6 is 23.2 Å². The van der Waals surface area contributed by atoms with Gasteiger partial charge in [-0.2, -0.15) is 0 Å². The van der Waals surface area contributed by atoms with Crippen molar-refractivity contribution in [1.82, 2.24) is 10.2 Å². The molecule has 1 fully saturated rings. The van der Waals surface area contributed by atoms with Gasteiger partial charge in [0.15, 0.2) is 5.75 Å². The fourth-order valence-corrected chi connectivity index (χ4v) is 5.31. The van der Waals surface area contributed by atoms with Crippen LogP contribution in [0.1, 0.15) is 23.2 Å². The third-order valence-corrected chi connectivity index (χ3v) is 7.80. The summed E-state index contributed by atoms with van der Waals surface area (Å²) in [5.41, 5.74) is 0.385.